The van der Waals surface area contributed by atoms with E-state index in [0.29, 0.717) is 32.5 Å². The topological polar surface area (TPSA) is 110 Å². The largest absolute Gasteiger partial charge is 0.457 e. The minimum Gasteiger partial charge on any atom is -0.457 e. The maximum absolute atomic E-state index is 13.0. The first-order valence-corrected chi connectivity index (χ1v) is 14.5. The molecule has 2 aromatic heterocycles. The SMILES string of the molecule is C/C(=C\c1cnn(Cc2ccncc2)c1)[C@H]1OC(=O)C[C@H](O)CC[C@H](C)[C@@H](OC(=O)N2CCN(C)CC2)/C=C\[C@@H]1C. The van der Waals surface area contributed by atoms with Gasteiger partial charge in [0.25, 0.3) is 0 Å². The lowest BCUT2D eigenvalue weighted by molar-refractivity contribution is -0.151. The van der Waals surface area contributed by atoms with Crippen LogP contribution in [0.3, 0.4) is 0 Å². The number of esters is 1. The highest BCUT2D eigenvalue weighted by atomic mass is 16.6. The summed E-state index contributed by atoms with van der Waals surface area (Å²) in [6.07, 6.45) is 11.9. The second kappa shape index (κ2) is 14.4. The molecule has 1 amide bonds. The maximum atomic E-state index is 13.0. The quantitative estimate of drug-likeness (QED) is 0.431. The van der Waals surface area contributed by atoms with Gasteiger partial charge in [-0.25, -0.2) is 4.79 Å². The van der Waals surface area contributed by atoms with Gasteiger partial charge in [-0.05, 0) is 68.2 Å². The van der Waals surface area contributed by atoms with Gasteiger partial charge < -0.3 is 24.4 Å². The van der Waals surface area contributed by atoms with Gasteiger partial charge in [0, 0.05) is 56.3 Å². The van der Waals surface area contributed by atoms with Gasteiger partial charge in [-0.2, -0.15) is 5.10 Å². The number of pyridine rings is 1. The van der Waals surface area contributed by atoms with Gasteiger partial charge in [-0.1, -0.05) is 19.9 Å². The molecule has 0 saturated carbocycles. The number of cyclic esters (lactones) is 1. The van der Waals surface area contributed by atoms with E-state index in [2.05, 4.69) is 15.0 Å². The number of carbonyl (C=O) groups excluding carboxylic acids is 2. The Balaban J connectivity index is 1.51. The Morgan fingerprint density at radius 3 is 2.61 bits per heavy atom. The Kier molecular flexibility index (Phi) is 10.7. The average Bonchev–Trinajstić information content (AvgIpc) is 3.38. The summed E-state index contributed by atoms with van der Waals surface area (Å²) in [5.74, 6) is -0.660. The normalized spacial score (nSPS) is 27.8. The molecule has 2 aliphatic heterocycles. The zero-order chi connectivity index (χ0) is 29.4. The monoisotopic (exact) mass is 565 g/mol. The van der Waals surface area contributed by atoms with Crippen LogP contribution in [0.25, 0.3) is 6.08 Å². The van der Waals surface area contributed by atoms with Gasteiger partial charge in [0.05, 0.1) is 25.3 Å². The van der Waals surface area contributed by atoms with E-state index < -0.39 is 24.3 Å². The van der Waals surface area contributed by atoms with Crippen LogP contribution < -0.4 is 0 Å². The number of rotatable bonds is 5. The number of amides is 1. The predicted octanol–water partition coefficient (Wildman–Crippen LogP) is 3.77. The molecule has 2 aromatic rings. The molecule has 2 aliphatic rings. The smallest absolute Gasteiger partial charge is 0.410 e. The van der Waals surface area contributed by atoms with Gasteiger partial charge in [0.1, 0.15) is 12.2 Å². The Morgan fingerprint density at radius 2 is 1.88 bits per heavy atom. The van der Waals surface area contributed by atoms with Gasteiger partial charge in [-0.3, -0.25) is 14.5 Å². The van der Waals surface area contributed by atoms with Crippen molar-refractivity contribution in [3.05, 3.63) is 65.8 Å². The molecule has 41 heavy (non-hydrogen) atoms. The van der Waals surface area contributed by atoms with Crippen LogP contribution in [0.1, 0.15) is 51.2 Å². The predicted molar refractivity (Wildman–Crippen MR) is 156 cm³/mol. The van der Waals surface area contributed by atoms with Crippen molar-refractivity contribution < 1.29 is 24.2 Å². The first-order valence-electron chi connectivity index (χ1n) is 14.5. The Hall–Kier alpha value is -3.50. The number of carbonyl (C=O) groups is 2. The number of nitrogens with zero attached hydrogens (tertiary/aromatic N) is 5. The van der Waals surface area contributed by atoms with Gasteiger partial charge in [0.15, 0.2) is 0 Å². The first kappa shape index (κ1) is 30.5. The number of hydrogen-bond acceptors (Lipinski definition) is 8. The van der Waals surface area contributed by atoms with Crippen LogP contribution in [-0.4, -0.2) is 93.3 Å². The lowest BCUT2D eigenvalue weighted by Gasteiger charge is -2.33. The molecule has 0 spiro atoms. The summed E-state index contributed by atoms with van der Waals surface area (Å²) in [4.78, 5) is 33.8. The minimum absolute atomic E-state index is 0.0266. The van der Waals surface area contributed by atoms with E-state index in [1.54, 1.807) is 23.5 Å². The van der Waals surface area contributed by atoms with Crippen molar-refractivity contribution in [1.29, 1.82) is 0 Å². The highest BCUT2D eigenvalue weighted by Crippen LogP contribution is 2.26. The van der Waals surface area contributed by atoms with Crippen LogP contribution >= 0.6 is 0 Å². The third-order valence-electron chi connectivity index (χ3n) is 7.85. The number of likely N-dealkylation sites (N-methyl/N-ethyl adjacent to an activating group) is 1. The second-order valence-corrected chi connectivity index (χ2v) is 11.4. The number of piperazine rings is 1. The van der Waals surface area contributed by atoms with Crippen LogP contribution in [-0.2, 0) is 20.8 Å². The van der Waals surface area contributed by atoms with E-state index in [4.69, 9.17) is 9.47 Å². The summed E-state index contributed by atoms with van der Waals surface area (Å²) in [5.41, 5.74) is 2.84. The number of hydrogen-bond donors (Lipinski definition) is 1. The van der Waals surface area contributed by atoms with E-state index in [1.165, 1.54) is 0 Å². The molecule has 0 unspecified atom stereocenters. The molecule has 0 aromatic carbocycles. The second-order valence-electron chi connectivity index (χ2n) is 11.4. The van der Waals surface area contributed by atoms with Crippen LogP contribution in [0.4, 0.5) is 4.79 Å². The number of ether oxygens (including phenoxy) is 2. The molecule has 4 rings (SSSR count). The van der Waals surface area contributed by atoms with Crippen molar-refractivity contribution in [2.75, 3.05) is 33.2 Å². The number of aliphatic hydroxyl groups excluding tert-OH is 1. The summed E-state index contributed by atoms with van der Waals surface area (Å²) < 4.78 is 13.8. The fourth-order valence-electron chi connectivity index (χ4n) is 5.19. The molecule has 4 heterocycles. The summed E-state index contributed by atoms with van der Waals surface area (Å²) in [7, 11) is 2.04. The van der Waals surface area contributed by atoms with E-state index in [-0.39, 0.29) is 24.3 Å². The highest BCUT2D eigenvalue weighted by Gasteiger charge is 2.29. The lowest BCUT2D eigenvalue weighted by Crippen LogP contribution is -2.48. The van der Waals surface area contributed by atoms with Gasteiger partial charge >= 0.3 is 12.1 Å². The molecule has 0 bridgehead atoms. The van der Waals surface area contributed by atoms with Crippen molar-refractivity contribution in [2.24, 2.45) is 11.8 Å². The van der Waals surface area contributed by atoms with Crippen molar-refractivity contribution in [2.45, 2.75) is 64.9 Å². The Labute approximate surface area is 242 Å². The molecular weight excluding hydrogens is 522 g/mol. The fraction of sp³-hybridized carbons (Fsp3) is 0.548. The van der Waals surface area contributed by atoms with E-state index in [0.717, 1.165) is 29.8 Å². The van der Waals surface area contributed by atoms with Gasteiger partial charge in [-0.15, -0.1) is 0 Å². The lowest BCUT2D eigenvalue weighted by atomic mass is 9.92. The van der Waals surface area contributed by atoms with Crippen molar-refractivity contribution in [1.82, 2.24) is 24.6 Å². The average molecular weight is 566 g/mol. The summed E-state index contributed by atoms with van der Waals surface area (Å²) >= 11 is 0. The van der Waals surface area contributed by atoms with E-state index in [1.807, 2.05) is 69.1 Å². The van der Waals surface area contributed by atoms with E-state index >= 15 is 0 Å². The molecule has 5 atom stereocenters. The third-order valence-corrected chi connectivity index (χ3v) is 7.85. The van der Waals surface area contributed by atoms with Crippen LogP contribution in [0.2, 0.25) is 0 Å². The molecule has 10 heteroatoms. The van der Waals surface area contributed by atoms with E-state index in [9.17, 15) is 14.7 Å². The Bertz CT molecular complexity index is 1200. The van der Waals surface area contributed by atoms with Crippen LogP contribution in [0.5, 0.6) is 0 Å². The zero-order valence-corrected chi connectivity index (χ0v) is 24.6. The van der Waals surface area contributed by atoms with Crippen molar-refractivity contribution in [3.8, 4) is 0 Å². The highest BCUT2D eigenvalue weighted by molar-refractivity contribution is 5.71. The summed E-state index contributed by atoms with van der Waals surface area (Å²) in [5, 5.41) is 15.0. The fourth-order valence-corrected chi connectivity index (χ4v) is 5.19. The van der Waals surface area contributed by atoms with Gasteiger partial charge in [0.2, 0.25) is 0 Å². The molecule has 1 saturated heterocycles. The molecule has 222 valence electrons. The van der Waals surface area contributed by atoms with Crippen molar-refractivity contribution >= 4 is 18.1 Å². The number of aromatic nitrogens is 3. The molecule has 0 radical (unpaired) electrons. The molecule has 0 aliphatic carbocycles. The molecule has 1 fully saturated rings. The maximum Gasteiger partial charge on any atom is 0.410 e. The van der Waals surface area contributed by atoms with Crippen LogP contribution in [0.15, 0.2) is 54.6 Å². The molecule has 10 nitrogen and oxygen atoms in total. The zero-order valence-electron chi connectivity index (χ0n) is 24.6. The standard InChI is InChI=1S/C31H43N5O5/c1-22-5-7-27(37)18-29(38)41-30(23(2)6-8-28(22)40-31(39)35-15-13-34(4)14-16-35)24(3)17-26-19-33-36(21-26)20-25-9-11-32-12-10-25/h6,8-12,17,19,21-23,27-28,30,37H,5,7,13-16,18,20H2,1-4H3/b8-6-,24-17+/t22-,23-,27+,28-,30-/m0/s1. The summed E-state index contributed by atoms with van der Waals surface area (Å²) in [6.45, 7) is 9.44. The molecule has 1 N–H and O–H groups in total. The summed E-state index contributed by atoms with van der Waals surface area (Å²) in [6, 6.07) is 3.90. The third kappa shape index (κ3) is 8.99. The van der Waals surface area contributed by atoms with Crippen molar-refractivity contribution in [3.63, 3.8) is 0 Å². The number of aliphatic hydroxyl groups is 1. The minimum atomic E-state index is -0.825. The first-order chi connectivity index (χ1) is 19.7. The Morgan fingerprint density at radius 1 is 1.15 bits per heavy atom. The molecular formula is C31H43N5O5. The van der Waals surface area contributed by atoms with Crippen LogP contribution in [0, 0.1) is 11.8 Å².